The molecule has 5 heteroatoms. The lowest BCUT2D eigenvalue weighted by Crippen LogP contribution is -2.61. The summed E-state index contributed by atoms with van der Waals surface area (Å²) >= 11 is 0. The van der Waals surface area contributed by atoms with Crippen LogP contribution in [0, 0.1) is 23.2 Å². The van der Waals surface area contributed by atoms with Gasteiger partial charge in [-0.15, -0.1) is 0 Å². The molecule has 0 aromatic heterocycles. The van der Waals surface area contributed by atoms with Crippen molar-refractivity contribution in [1.29, 1.82) is 0 Å². The summed E-state index contributed by atoms with van der Waals surface area (Å²) in [7, 11) is 0. The lowest BCUT2D eigenvalue weighted by Gasteiger charge is -2.62. The van der Waals surface area contributed by atoms with E-state index in [1.54, 1.807) is 0 Å². The third kappa shape index (κ3) is 4.18. The van der Waals surface area contributed by atoms with Crippen molar-refractivity contribution < 1.29 is 14.3 Å². The van der Waals surface area contributed by atoms with Crippen LogP contribution in [0.1, 0.15) is 66.0 Å². The van der Waals surface area contributed by atoms with Crippen molar-refractivity contribution in [3.8, 4) is 0 Å². The molecule has 3 fully saturated rings. The van der Waals surface area contributed by atoms with Gasteiger partial charge in [-0.25, -0.2) is 4.79 Å². The van der Waals surface area contributed by atoms with Crippen LogP contribution in [0.4, 0.5) is 4.79 Å². The van der Waals surface area contributed by atoms with Gasteiger partial charge in [0, 0.05) is 6.04 Å². The van der Waals surface area contributed by atoms with Crippen LogP contribution in [0.5, 0.6) is 0 Å². The van der Waals surface area contributed by atoms with Crippen molar-refractivity contribution in [2.75, 3.05) is 0 Å². The second-order valence-corrected chi connectivity index (χ2v) is 10.1. The molecule has 2 N–H and O–H groups in total. The van der Waals surface area contributed by atoms with Crippen LogP contribution in [0.2, 0.25) is 0 Å². The molecule has 0 radical (unpaired) electrons. The smallest absolute Gasteiger partial charge is 0.408 e. The van der Waals surface area contributed by atoms with E-state index >= 15 is 0 Å². The molecule has 5 nitrogen and oxygen atoms in total. The van der Waals surface area contributed by atoms with Crippen molar-refractivity contribution in [3.05, 3.63) is 35.9 Å². The minimum Gasteiger partial charge on any atom is -0.444 e. The summed E-state index contributed by atoms with van der Waals surface area (Å²) in [5.74, 6) is 1.56. The average Bonchev–Trinajstić information content (AvgIpc) is 2.60. The van der Waals surface area contributed by atoms with E-state index in [2.05, 4.69) is 31.4 Å². The monoisotopic (exact) mass is 386 g/mol. The molecule has 2 amide bonds. The van der Waals surface area contributed by atoms with Gasteiger partial charge in [-0.3, -0.25) is 4.79 Å². The van der Waals surface area contributed by atoms with Gasteiger partial charge in [0.2, 0.25) is 5.91 Å². The van der Waals surface area contributed by atoms with Crippen molar-refractivity contribution in [1.82, 2.24) is 10.6 Å². The van der Waals surface area contributed by atoms with E-state index in [1.165, 1.54) is 6.42 Å². The fourth-order valence-electron chi connectivity index (χ4n) is 4.98. The summed E-state index contributed by atoms with van der Waals surface area (Å²) in [6, 6.07) is 8.72. The molecular formula is C23H34N2O3. The highest BCUT2D eigenvalue weighted by Crippen LogP contribution is 2.61. The summed E-state index contributed by atoms with van der Waals surface area (Å²) in [6.07, 6.45) is 1.68. The van der Waals surface area contributed by atoms with Gasteiger partial charge < -0.3 is 15.4 Å². The SMILES string of the molecule is C[C@@H]1[C@H]2C[C@@H](C[C@H]1NC(=O)[C@@H](NC(=O)OC(C)(C)C)c1ccccc1)C2(C)C. The van der Waals surface area contributed by atoms with Crippen molar-refractivity contribution >= 4 is 12.0 Å². The Morgan fingerprint density at radius 3 is 2.32 bits per heavy atom. The minimum absolute atomic E-state index is 0.149. The van der Waals surface area contributed by atoms with Crippen molar-refractivity contribution in [2.24, 2.45) is 23.2 Å². The van der Waals surface area contributed by atoms with Crippen LogP contribution >= 0.6 is 0 Å². The van der Waals surface area contributed by atoms with E-state index in [4.69, 9.17) is 4.74 Å². The molecule has 1 aromatic rings. The number of ether oxygens (including phenoxy) is 1. The van der Waals surface area contributed by atoms with Crippen LogP contribution in [0.3, 0.4) is 0 Å². The van der Waals surface area contributed by atoms with Crippen LogP contribution in [-0.4, -0.2) is 23.6 Å². The lowest BCUT2D eigenvalue weighted by molar-refractivity contribution is -0.135. The van der Waals surface area contributed by atoms with Crippen LogP contribution in [0.25, 0.3) is 0 Å². The summed E-state index contributed by atoms with van der Waals surface area (Å²) in [5.41, 5.74) is 0.501. The van der Waals surface area contributed by atoms with Gasteiger partial charge in [0.25, 0.3) is 0 Å². The molecule has 0 heterocycles. The van der Waals surface area contributed by atoms with Gasteiger partial charge in [0.1, 0.15) is 11.6 Å². The largest absolute Gasteiger partial charge is 0.444 e. The summed E-state index contributed by atoms with van der Waals surface area (Å²) in [4.78, 5) is 25.5. The van der Waals surface area contributed by atoms with E-state index in [0.717, 1.165) is 12.0 Å². The molecule has 0 unspecified atom stereocenters. The molecule has 28 heavy (non-hydrogen) atoms. The predicted octanol–water partition coefficient (Wildman–Crippen LogP) is 4.44. The number of hydrogen-bond acceptors (Lipinski definition) is 3. The Morgan fingerprint density at radius 2 is 1.79 bits per heavy atom. The molecule has 5 atom stereocenters. The zero-order valence-corrected chi connectivity index (χ0v) is 17.9. The Hall–Kier alpha value is -2.04. The van der Waals surface area contributed by atoms with E-state index < -0.39 is 17.7 Å². The number of hydrogen-bond donors (Lipinski definition) is 2. The van der Waals surface area contributed by atoms with Crippen molar-refractivity contribution in [3.63, 3.8) is 0 Å². The van der Waals surface area contributed by atoms with Gasteiger partial charge in [-0.05, 0) is 62.3 Å². The summed E-state index contributed by atoms with van der Waals surface area (Å²) in [6.45, 7) is 12.4. The maximum absolute atomic E-state index is 13.2. The first kappa shape index (κ1) is 20.7. The number of fused-ring (bicyclic) bond motifs is 2. The fourth-order valence-corrected chi connectivity index (χ4v) is 4.98. The summed E-state index contributed by atoms with van der Waals surface area (Å²) in [5, 5.41) is 5.98. The lowest BCUT2D eigenvalue weighted by atomic mass is 9.45. The maximum Gasteiger partial charge on any atom is 0.408 e. The second kappa shape index (κ2) is 7.41. The number of amides is 2. The zero-order valence-electron chi connectivity index (χ0n) is 17.9. The average molecular weight is 387 g/mol. The predicted molar refractivity (Wildman–Crippen MR) is 110 cm³/mol. The fraction of sp³-hybridized carbons (Fsp3) is 0.652. The van der Waals surface area contributed by atoms with Gasteiger partial charge in [-0.1, -0.05) is 51.1 Å². The molecule has 2 bridgehead atoms. The highest BCUT2D eigenvalue weighted by Gasteiger charge is 2.56. The first-order valence-corrected chi connectivity index (χ1v) is 10.3. The normalized spacial score (nSPS) is 29.2. The Bertz CT molecular complexity index is 723. The number of nitrogens with one attached hydrogen (secondary N) is 2. The molecule has 4 rings (SSSR count). The van der Waals surface area contributed by atoms with E-state index in [0.29, 0.717) is 23.2 Å². The third-order valence-corrected chi connectivity index (χ3v) is 6.74. The molecule has 3 aliphatic carbocycles. The van der Waals surface area contributed by atoms with Crippen LogP contribution in [0.15, 0.2) is 30.3 Å². The third-order valence-electron chi connectivity index (χ3n) is 6.74. The van der Waals surface area contributed by atoms with Gasteiger partial charge >= 0.3 is 6.09 Å². The second-order valence-electron chi connectivity index (χ2n) is 10.1. The molecule has 3 aliphatic rings. The summed E-state index contributed by atoms with van der Waals surface area (Å²) < 4.78 is 5.37. The molecule has 3 saturated carbocycles. The number of alkyl carbamates (subject to hydrolysis) is 1. The quantitative estimate of drug-likeness (QED) is 0.804. The molecular weight excluding hydrogens is 352 g/mol. The Balaban J connectivity index is 1.72. The van der Waals surface area contributed by atoms with Crippen LogP contribution < -0.4 is 10.6 Å². The molecule has 0 saturated heterocycles. The molecule has 1 aromatic carbocycles. The van der Waals surface area contributed by atoms with E-state index in [-0.39, 0.29) is 11.9 Å². The first-order valence-electron chi connectivity index (χ1n) is 10.3. The number of carbonyl (C=O) groups is 2. The Kier molecular flexibility index (Phi) is 5.48. The molecule has 0 spiro atoms. The van der Waals surface area contributed by atoms with Gasteiger partial charge in [0.05, 0.1) is 0 Å². The number of rotatable bonds is 4. The standard InChI is InChI=1S/C23H34N2O3/c1-14-17-12-16(23(17,5)6)13-18(14)24-20(26)19(15-10-8-7-9-11-15)25-21(27)28-22(2,3)4/h7-11,14,16-19H,12-13H2,1-6H3,(H,24,26)(H,25,27)/t14-,16+,17-,18-,19+/m1/s1. The topological polar surface area (TPSA) is 67.4 Å². The minimum atomic E-state index is -0.769. The van der Waals surface area contributed by atoms with Crippen LogP contribution in [-0.2, 0) is 9.53 Å². The van der Waals surface area contributed by atoms with E-state index in [9.17, 15) is 9.59 Å². The zero-order chi connectivity index (χ0) is 20.7. The Morgan fingerprint density at radius 1 is 1.14 bits per heavy atom. The molecule has 154 valence electrons. The highest BCUT2D eigenvalue weighted by molar-refractivity contribution is 5.87. The maximum atomic E-state index is 13.2. The van der Waals surface area contributed by atoms with Gasteiger partial charge in [0.15, 0.2) is 0 Å². The van der Waals surface area contributed by atoms with E-state index in [1.807, 2.05) is 51.1 Å². The van der Waals surface area contributed by atoms with Gasteiger partial charge in [-0.2, -0.15) is 0 Å². The molecule has 0 aliphatic heterocycles. The first-order chi connectivity index (χ1) is 13.0. The Labute approximate surface area is 168 Å². The highest BCUT2D eigenvalue weighted by atomic mass is 16.6. The number of benzene rings is 1. The van der Waals surface area contributed by atoms with Crippen molar-refractivity contribution in [2.45, 2.75) is 72.1 Å². The number of carbonyl (C=O) groups excluding carboxylic acids is 2.